The third-order valence-corrected chi connectivity index (χ3v) is 5.71. The van der Waals surface area contributed by atoms with Crippen molar-refractivity contribution in [1.82, 2.24) is 5.32 Å². The Morgan fingerprint density at radius 3 is 2.73 bits per heavy atom. The maximum Gasteiger partial charge on any atom is 0.270 e. The molecule has 0 unspecified atom stereocenters. The van der Waals surface area contributed by atoms with Crippen LogP contribution in [0.25, 0.3) is 6.08 Å². The average Bonchev–Trinajstić information content (AvgIpc) is 3.13. The number of anilines is 2. The van der Waals surface area contributed by atoms with Crippen molar-refractivity contribution >= 4 is 58.2 Å². The number of para-hydroxylation sites is 1. The van der Waals surface area contributed by atoms with Gasteiger partial charge in [-0.15, -0.1) is 11.6 Å². The second-order valence-corrected chi connectivity index (χ2v) is 7.84. The summed E-state index contributed by atoms with van der Waals surface area (Å²) < 4.78 is 14.2. The van der Waals surface area contributed by atoms with Gasteiger partial charge in [0, 0.05) is 24.7 Å². The highest BCUT2D eigenvalue weighted by Crippen LogP contribution is 2.30. The lowest BCUT2D eigenvalue weighted by Crippen LogP contribution is -2.54. The predicted molar refractivity (Wildman–Crippen MR) is 120 cm³/mol. The number of hydrogen-bond acceptors (Lipinski definition) is 4. The van der Waals surface area contributed by atoms with E-state index in [0.29, 0.717) is 5.88 Å². The van der Waals surface area contributed by atoms with Gasteiger partial charge >= 0.3 is 0 Å². The number of thiocarbonyl (C=S) groups is 1. The molecule has 2 aliphatic rings. The minimum absolute atomic E-state index is 0.00212. The van der Waals surface area contributed by atoms with Crippen molar-refractivity contribution in [3.63, 3.8) is 0 Å². The van der Waals surface area contributed by atoms with Gasteiger partial charge in [-0.25, -0.2) is 9.29 Å². The van der Waals surface area contributed by atoms with Gasteiger partial charge in [0.2, 0.25) is 0 Å². The number of alkyl halides is 1. The molecule has 1 N–H and O–H groups in total. The Hall–Kier alpha value is -2.77. The van der Waals surface area contributed by atoms with Crippen molar-refractivity contribution in [2.24, 2.45) is 0 Å². The van der Waals surface area contributed by atoms with E-state index in [-0.39, 0.29) is 16.4 Å². The molecule has 2 aliphatic heterocycles. The molecule has 30 heavy (non-hydrogen) atoms. The summed E-state index contributed by atoms with van der Waals surface area (Å²) in [6.45, 7) is 1.81. The van der Waals surface area contributed by atoms with Gasteiger partial charge in [-0.3, -0.25) is 14.9 Å². The van der Waals surface area contributed by atoms with E-state index in [4.69, 9.17) is 23.8 Å². The molecule has 1 fully saturated rings. The Morgan fingerprint density at radius 1 is 1.17 bits per heavy atom. The molecule has 2 aromatic rings. The molecule has 2 aromatic carbocycles. The molecule has 0 aliphatic carbocycles. The van der Waals surface area contributed by atoms with Crippen molar-refractivity contribution in [1.29, 1.82) is 0 Å². The first-order chi connectivity index (χ1) is 14.5. The van der Waals surface area contributed by atoms with E-state index in [1.54, 1.807) is 6.07 Å². The van der Waals surface area contributed by atoms with Crippen molar-refractivity contribution < 1.29 is 14.0 Å². The van der Waals surface area contributed by atoms with Crippen LogP contribution in [-0.4, -0.2) is 35.9 Å². The Bertz CT molecular complexity index is 1070. The molecule has 0 spiro atoms. The first-order valence-electron chi connectivity index (χ1n) is 9.59. The highest BCUT2D eigenvalue weighted by Gasteiger charge is 2.35. The second kappa shape index (κ2) is 8.53. The smallest absolute Gasteiger partial charge is 0.270 e. The normalized spacial score (nSPS) is 17.5. The summed E-state index contributed by atoms with van der Waals surface area (Å²) in [4.78, 5) is 28.8. The molecule has 0 atom stereocenters. The van der Waals surface area contributed by atoms with Crippen molar-refractivity contribution in [2.75, 3.05) is 28.8 Å². The molecule has 0 saturated carbocycles. The minimum Gasteiger partial charge on any atom is -0.371 e. The number of hydrogen-bond donors (Lipinski definition) is 1. The average molecular weight is 444 g/mol. The number of carbonyl (C=O) groups excluding carboxylic acids is 2. The van der Waals surface area contributed by atoms with Crippen LogP contribution in [0.2, 0.25) is 0 Å². The third kappa shape index (κ3) is 3.82. The number of carbonyl (C=O) groups is 2. The zero-order valence-corrected chi connectivity index (χ0v) is 17.6. The number of rotatable bonds is 5. The van der Waals surface area contributed by atoms with Crippen LogP contribution in [0, 0.1) is 5.82 Å². The van der Waals surface area contributed by atoms with Gasteiger partial charge in [0.05, 0.1) is 5.69 Å². The maximum atomic E-state index is 14.2. The molecule has 8 heteroatoms. The number of nitrogens with zero attached hydrogens (tertiary/aromatic N) is 2. The molecule has 0 radical (unpaired) electrons. The van der Waals surface area contributed by atoms with Crippen LogP contribution in [0.4, 0.5) is 15.8 Å². The van der Waals surface area contributed by atoms with Gasteiger partial charge in [0.1, 0.15) is 11.4 Å². The minimum atomic E-state index is -0.655. The number of benzene rings is 2. The number of halogens is 2. The monoisotopic (exact) mass is 443 g/mol. The zero-order chi connectivity index (χ0) is 21.3. The molecule has 2 heterocycles. The molecule has 154 valence electrons. The summed E-state index contributed by atoms with van der Waals surface area (Å²) in [6.07, 6.45) is 3.32. The van der Waals surface area contributed by atoms with Gasteiger partial charge in [-0.1, -0.05) is 18.2 Å². The van der Waals surface area contributed by atoms with Crippen molar-refractivity contribution in [3.05, 3.63) is 65.0 Å². The molecule has 2 amide bonds. The molecule has 4 rings (SSSR count). The van der Waals surface area contributed by atoms with Crippen LogP contribution >= 0.6 is 23.8 Å². The topological polar surface area (TPSA) is 52.7 Å². The first-order valence-corrected chi connectivity index (χ1v) is 10.5. The van der Waals surface area contributed by atoms with E-state index < -0.39 is 17.6 Å². The number of nitrogens with one attached hydrogen (secondary N) is 1. The zero-order valence-electron chi connectivity index (χ0n) is 16.0. The fraction of sp³-hybridized carbons (Fsp3) is 0.227. The van der Waals surface area contributed by atoms with Crippen LogP contribution in [-0.2, 0) is 16.0 Å². The first kappa shape index (κ1) is 20.5. The van der Waals surface area contributed by atoms with Crippen LogP contribution in [0.3, 0.4) is 0 Å². The quantitative estimate of drug-likeness (QED) is 0.332. The van der Waals surface area contributed by atoms with Crippen LogP contribution in [0.5, 0.6) is 0 Å². The van der Waals surface area contributed by atoms with Crippen molar-refractivity contribution in [3.8, 4) is 0 Å². The van der Waals surface area contributed by atoms with Crippen LogP contribution < -0.4 is 15.1 Å². The van der Waals surface area contributed by atoms with Crippen LogP contribution in [0.1, 0.15) is 17.5 Å². The largest absolute Gasteiger partial charge is 0.371 e. The fourth-order valence-electron chi connectivity index (χ4n) is 3.74. The Morgan fingerprint density at radius 2 is 1.97 bits per heavy atom. The predicted octanol–water partition coefficient (Wildman–Crippen LogP) is 3.65. The lowest BCUT2D eigenvalue weighted by Gasteiger charge is -2.29. The summed E-state index contributed by atoms with van der Waals surface area (Å²) in [6, 6.07) is 11.6. The van der Waals surface area contributed by atoms with E-state index in [9.17, 15) is 14.0 Å². The molecular formula is C22H19ClFN3O2S. The molecular weight excluding hydrogens is 425 g/mol. The third-order valence-electron chi connectivity index (χ3n) is 5.16. The SMILES string of the molecule is O=C1NC(=S)N(c2ccccc2F)C(=O)C1=Cc1ccc2c(c1)CCN2CCCCl. The standard InChI is InChI=1S/C22H19ClFN3O2S/c23-9-3-10-26-11-8-15-12-14(6-7-18(15)26)13-16-20(28)25-22(30)27(21(16)29)19-5-2-1-4-17(19)24/h1-2,4-7,12-13H,3,8-11H2,(H,25,28,30). The molecule has 5 nitrogen and oxygen atoms in total. The molecule has 0 bridgehead atoms. The van der Waals surface area contributed by atoms with Crippen molar-refractivity contribution in [2.45, 2.75) is 12.8 Å². The van der Waals surface area contributed by atoms with E-state index in [1.165, 1.54) is 24.3 Å². The van der Waals surface area contributed by atoms with E-state index in [1.807, 2.05) is 18.2 Å². The lowest BCUT2D eigenvalue weighted by atomic mass is 10.0. The Kier molecular flexibility index (Phi) is 5.83. The highest BCUT2D eigenvalue weighted by atomic mass is 35.5. The van der Waals surface area contributed by atoms with Gasteiger partial charge in [-0.2, -0.15) is 0 Å². The van der Waals surface area contributed by atoms with E-state index in [2.05, 4.69) is 10.2 Å². The van der Waals surface area contributed by atoms with E-state index >= 15 is 0 Å². The summed E-state index contributed by atoms with van der Waals surface area (Å²) in [5.41, 5.74) is 2.94. The maximum absolute atomic E-state index is 14.2. The Balaban J connectivity index is 1.65. The van der Waals surface area contributed by atoms with Gasteiger partial charge < -0.3 is 4.90 Å². The summed E-state index contributed by atoms with van der Waals surface area (Å²) in [5.74, 6) is -1.23. The molecule has 0 aromatic heterocycles. The summed E-state index contributed by atoms with van der Waals surface area (Å²) in [7, 11) is 0. The van der Waals surface area contributed by atoms with Crippen LogP contribution in [0.15, 0.2) is 48.0 Å². The number of amides is 2. The summed E-state index contributed by atoms with van der Waals surface area (Å²) in [5, 5.41) is 2.34. The highest BCUT2D eigenvalue weighted by molar-refractivity contribution is 7.80. The van der Waals surface area contributed by atoms with E-state index in [0.717, 1.165) is 47.6 Å². The second-order valence-electron chi connectivity index (χ2n) is 7.08. The van der Waals surface area contributed by atoms with Gasteiger partial charge in [-0.05, 0) is 66.5 Å². The number of fused-ring (bicyclic) bond motifs is 1. The summed E-state index contributed by atoms with van der Waals surface area (Å²) >= 11 is 10.9. The molecule has 1 saturated heterocycles. The van der Waals surface area contributed by atoms with Gasteiger partial charge in [0.25, 0.3) is 11.8 Å². The fourth-order valence-corrected chi connectivity index (χ4v) is 4.13. The van der Waals surface area contributed by atoms with Gasteiger partial charge in [0.15, 0.2) is 5.11 Å². The Labute approximate surface area is 184 Å². The lowest BCUT2D eigenvalue weighted by molar-refractivity contribution is -0.122.